The topological polar surface area (TPSA) is 95.2 Å². The number of nitrogens with zero attached hydrogens (tertiary/aromatic N) is 3. The first-order valence-electron chi connectivity index (χ1n) is 6.81. The van der Waals surface area contributed by atoms with Crippen molar-refractivity contribution in [3.8, 4) is 0 Å². The van der Waals surface area contributed by atoms with Crippen LogP contribution in [0.5, 0.6) is 0 Å². The maximum Gasteiger partial charge on any atom is 0.338 e. The molecule has 0 fully saturated rings. The van der Waals surface area contributed by atoms with Gasteiger partial charge in [0, 0.05) is 18.3 Å². The summed E-state index contributed by atoms with van der Waals surface area (Å²) in [6.45, 7) is 2.03. The molecular weight excluding hydrogens is 286 g/mol. The van der Waals surface area contributed by atoms with Crippen LogP contribution in [0.1, 0.15) is 47.0 Å². The molecule has 3 rings (SSSR count). The van der Waals surface area contributed by atoms with E-state index >= 15 is 0 Å². The Morgan fingerprint density at radius 2 is 2.09 bits per heavy atom. The van der Waals surface area contributed by atoms with Crippen LogP contribution in [-0.4, -0.2) is 20.9 Å². The van der Waals surface area contributed by atoms with Crippen molar-refractivity contribution in [2.75, 3.05) is 0 Å². The standard InChI is InChI=1S/C15H13N3O4/c1-9-6-13(14-12(9)7-16-8-17-14)22-15(19)10-2-4-11(5-3-10)18(20)21/h2-5,7-9,13H,6H2,1H3/t9-,13+/m1/s1. The van der Waals surface area contributed by atoms with Gasteiger partial charge in [0.15, 0.2) is 0 Å². The molecule has 0 unspecified atom stereocenters. The SMILES string of the molecule is C[C@@H]1C[C@H](OC(=O)c2ccc([N+](=O)[O-])cc2)c2ncncc21. The summed E-state index contributed by atoms with van der Waals surface area (Å²) in [6, 6.07) is 5.34. The number of nitro benzene ring substituents is 1. The summed E-state index contributed by atoms with van der Waals surface area (Å²) in [7, 11) is 0. The zero-order valence-corrected chi connectivity index (χ0v) is 11.8. The average molecular weight is 299 g/mol. The summed E-state index contributed by atoms with van der Waals surface area (Å²) in [5.41, 5.74) is 1.94. The summed E-state index contributed by atoms with van der Waals surface area (Å²) in [4.78, 5) is 30.4. The predicted molar refractivity (Wildman–Crippen MR) is 76.3 cm³/mol. The number of fused-ring (bicyclic) bond motifs is 1. The minimum Gasteiger partial charge on any atom is -0.452 e. The van der Waals surface area contributed by atoms with Gasteiger partial charge in [-0.2, -0.15) is 0 Å². The van der Waals surface area contributed by atoms with Crippen LogP contribution in [0.3, 0.4) is 0 Å². The van der Waals surface area contributed by atoms with E-state index < -0.39 is 17.0 Å². The fourth-order valence-electron chi connectivity index (χ4n) is 2.58. The summed E-state index contributed by atoms with van der Waals surface area (Å²) in [5.74, 6) is -0.288. The number of ether oxygens (including phenoxy) is 1. The molecule has 1 aliphatic carbocycles. The average Bonchev–Trinajstić information content (AvgIpc) is 2.84. The molecule has 7 nitrogen and oxygen atoms in total. The zero-order valence-electron chi connectivity index (χ0n) is 11.8. The highest BCUT2D eigenvalue weighted by Crippen LogP contribution is 2.40. The van der Waals surface area contributed by atoms with E-state index in [0.29, 0.717) is 6.42 Å². The van der Waals surface area contributed by atoms with Gasteiger partial charge in [0.25, 0.3) is 5.69 Å². The molecule has 0 spiro atoms. The predicted octanol–water partition coefficient (Wildman–Crippen LogP) is 2.79. The molecule has 0 saturated heterocycles. The zero-order chi connectivity index (χ0) is 15.7. The molecule has 2 aromatic rings. The molecule has 0 saturated carbocycles. The van der Waals surface area contributed by atoms with Crippen LogP contribution in [0.15, 0.2) is 36.8 Å². The third-order valence-electron chi connectivity index (χ3n) is 3.74. The lowest BCUT2D eigenvalue weighted by molar-refractivity contribution is -0.384. The van der Waals surface area contributed by atoms with Gasteiger partial charge < -0.3 is 4.74 Å². The van der Waals surface area contributed by atoms with Gasteiger partial charge in [0.2, 0.25) is 0 Å². The minimum absolute atomic E-state index is 0.0656. The number of carbonyl (C=O) groups excluding carboxylic acids is 1. The third-order valence-corrected chi connectivity index (χ3v) is 3.74. The Kier molecular flexibility index (Phi) is 3.54. The highest BCUT2D eigenvalue weighted by Gasteiger charge is 2.32. The Balaban J connectivity index is 1.76. The normalized spacial score (nSPS) is 19.5. The lowest BCUT2D eigenvalue weighted by Crippen LogP contribution is -2.10. The Bertz CT molecular complexity index is 730. The van der Waals surface area contributed by atoms with Crippen molar-refractivity contribution in [2.45, 2.75) is 25.4 Å². The van der Waals surface area contributed by atoms with Gasteiger partial charge in [-0.25, -0.2) is 14.8 Å². The summed E-state index contributed by atoms with van der Waals surface area (Å²) >= 11 is 0. The van der Waals surface area contributed by atoms with Crippen molar-refractivity contribution in [1.29, 1.82) is 0 Å². The minimum atomic E-state index is -0.515. The van der Waals surface area contributed by atoms with Gasteiger partial charge in [0.1, 0.15) is 12.4 Å². The Morgan fingerprint density at radius 3 is 2.77 bits per heavy atom. The highest BCUT2D eigenvalue weighted by molar-refractivity contribution is 5.89. The first-order valence-corrected chi connectivity index (χ1v) is 6.81. The molecule has 0 aliphatic heterocycles. The van der Waals surface area contributed by atoms with Crippen molar-refractivity contribution < 1.29 is 14.5 Å². The van der Waals surface area contributed by atoms with Gasteiger partial charge >= 0.3 is 5.97 Å². The van der Waals surface area contributed by atoms with E-state index in [-0.39, 0.29) is 17.2 Å². The van der Waals surface area contributed by atoms with E-state index in [1.165, 1.54) is 30.6 Å². The second-order valence-corrected chi connectivity index (χ2v) is 5.20. The molecule has 0 N–H and O–H groups in total. The van der Waals surface area contributed by atoms with Gasteiger partial charge in [-0.15, -0.1) is 0 Å². The second kappa shape index (κ2) is 5.51. The number of nitro groups is 1. The first kappa shape index (κ1) is 14.1. The van der Waals surface area contributed by atoms with Crippen LogP contribution in [0, 0.1) is 10.1 Å². The quantitative estimate of drug-likeness (QED) is 0.491. The van der Waals surface area contributed by atoms with Crippen LogP contribution in [0.4, 0.5) is 5.69 Å². The maximum atomic E-state index is 12.2. The third kappa shape index (κ3) is 2.52. The molecular formula is C15H13N3O4. The fourth-order valence-corrected chi connectivity index (χ4v) is 2.58. The summed E-state index contributed by atoms with van der Waals surface area (Å²) in [5, 5.41) is 10.6. The lowest BCUT2D eigenvalue weighted by Gasteiger charge is -2.12. The summed E-state index contributed by atoms with van der Waals surface area (Å²) < 4.78 is 5.50. The maximum absolute atomic E-state index is 12.2. The number of aromatic nitrogens is 2. The molecule has 112 valence electrons. The van der Waals surface area contributed by atoms with Crippen molar-refractivity contribution in [3.05, 3.63) is 63.7 Å². The van der Waals surface area contributed by atoms with Crippen LogP contribution < -0.4 is 0 Å². The van der Waals surface area contributed by atoms with Gasteiger partial charge in [0.05, 0.1) is 16.2 Å². The van der Waals surface area contributed by atoms with Gasteiger partial charge in [-0.1, -0.05) is 6.92 Å². The van der Waals surface area contributed by atoms with E-state index in [9.17, 15) is 14.9 Å². The van der Waals surface area contributed by atoms with Crippen molar-refractivity contribution in [3.63, 3.8) is 0 Å². The number of carbonyl (C=O) groups is 1. The lowest BCUT2D eigenvalue weighted by atomic mass is 10.1. The molecule has 0 bridgehead atoms. The smallest absolute Gasteiger partial charge is 0.338 e. The van der Waals surface area contributed by atoms with E-state index in [1.54, 1.807) is 6.20 Å². The number of hydrogen-bond donors (Lipinski definition) is 0. The van der Waals surface area contributed by atoms with Crippen LogP contribution in [-0.2, 0) is 4.74 Å². The Hall–Kier alpha value is -2.83. The largest absolute Gasteiger partial charge is 0.452 e. The second-order valence-electron chi connectivity index (χ2n) is 5.20. The molecule has 0 amide bonds. The molecule has 2 atom stereocenters. The van der Waals surface area contributed by atoms with E-state index in [4.69, 9.17) is 4.74 Å². The van der Waals surface area contributed by atoms with Crippen LogP contribution in [0.2, 0.25) is 0 Å². The van der Waals surface area contributed by atoms with E-state index in [1.807, 2.05) is 6.92 Å². The summed E-state index contributed by atoms with van der Waals surface area (Å²) in [6.07, 6.45) is 3.43. The number of esters is 1. The molecule has 1 aromatic heterocycles. The van der Waals surface area contributed by atoms with Crippen molar-refractivity contribution in [2.24, 2.45) is 0 Å². The first-order chi connectivity index (χ1) is 10.6. The monoisotopic (exact) mass is 299 g/mol. The highest BCUT2D eigenvalue weighted by atomic mass is 16.6. The van der Waals surface area contributed by atoms with Crippen molar-refractivity contribution in [1.82, 2.24) is 9.97 Å². The van der Waals surface area contributed by atoms with Crippen molar-refractivity contribution >= 4 is 11.7 Å². The van der Waals surface area contributed by atoms with Gasteiger partial charge in [-0.05, 0) is 30.0 Å². The van der Waals surface area contributed by atoms with Gasteiger partial charge in [-0.3, -0.25) is 10.1 Å². The van der Waals surface area contributed by atoms with E-state index in [0.717, 1.165) is 11.3 Å². The number of hydrogen-bond acceptors (Lipinski definition) is 6. The number of rotatable bonds is 3. The fraction of sp³-hybridized carbons (Fsp3) is 0.267. The number of non-ortho nitro benzene ring substituents is 1. The van der Waals surface area contributed by atoms with Crippen LogP contribution >= 0.6 is 0 Å². The molecule has 7 heteroatoms. The molecule has 1 heterocycles. The molecule has 1 aromatic carbocycles. The molecule has 22 heavy (non-hydrogen) atoms. The molecule has 1 aliphatic rings. The van der Waals surface area contributed by atoms with Crippen LogP contribution in [0.25, 0.3) is 0 Å². The molecule has 0 radical (unpaired) electrons. The van der Waals surface area contributed by atoms with E-state index in [2.05, 4.69) is 9.97 Å². The Morgan fingerprint density at radius 1 is 1.36 bits per heavy atom. The number of benzene rings is 1. The Labute approximate surface area is 126 Å².